The Morgan fingerprint density at radius 3 is 2.71 bits per heavy atom. The highest BCUT2D eigenvalue weighted by atomic mass is 32.2. The number of carbonyl (C=O) groups excluding carboxylic acids is 1. The SMILES string of the molecule is CCc1ccccc1S(=O)(=O)NCC1CCN(C)C(=O)C1. The number of rotatable bonds is 5. The largest absolute Gasteiger partial charge is 0.346 e. The minimum atomic E-state index is -3.51. The summed E-state index contributed by atoms with van der Waals surface area (Å²) in [6.45, 7) is 2.95. The van der Waals surface area contributed by atoms with Crippen LogP contribution < -0.4 is 4.72 Å². The molecule has 1 aliphatic rings. The molecule has 1 heterocycles. The van der Waals surface area contributed by atoms with E-state index in [1.54, 1.807) is 24.1 Å². The molecule has 6 heteroatoms. The van der Waals surface area contributed by atoms with Crippen LogP contribution in [0.15, 0.2) is 29.2 Å². The molecule has 2 rings (SSSR count). The average molecular weight is 310 g/mol. The summed E-state index contributed by atoms with van der Waals surface area (Å²) in [5, 5.41) is 0. The number of piperidine rings is 1. The number of hydrogen-bond donors (Lipinski definition) is 1. The zero-order valence-electron chi connectivity index (χ0n) is 12.5. The molecule has 1 N–H and O–H groups in total. The van der Waals surface area contributed by atoms with E-state index in [1.807, 2.05) is 19.1 Å². The van der Waals surface area contributed by atoms with Gasteiger partial charge in [-0.3, -0.25) is 4.79 Å². The molecular weight excluding hydrogens is 288 g/mol. The lowest BCUT2D eigenvalue weighted by Gasteiger charge is -2.28. The Hall–Kier alpha value is -1.40. The summed E-state index contributed by atoms with van der Waals surface area (Å²) in [6.07, 6.45) is 1.92. The summed E-state index contributed by atoms with van der Waals surface area (Å²) in [5.41, 5.74) is 0.810. The van der Waals surface area contributed by atoms with E-state index in [2.05, 4.69) is 4.72 Å². The standard InChI is InChI=1S/C15H22N2O3S/c1-3-13-6-4-5-7-14(13)21(19,20)16-11-12-8-9-17(2)15(18)10-12/h4-7,12,16H,3,8-11H2,1-2H3. The molecule has 1 unspecified atom stereocenters. The Balaban J connectivity index is 2.03. The smallest absolute Gasteiger partial charge is 0.240 e. The summed E-state index contributed by atoms with van der Waals surface area (Å²) in [5.74, 6) is 0.164. The number of sulfonamides is 1. The van der Waals surface area contributed by atoms with E-state index in [4.69, 9.17) is 0 Å². The number of nitrogens with one attached hydrogen (secondary N) is 1. The van der Waals surface area contributed by atoms with Gasteiger partial charge in [0.1, 0.15) is 0 Å². The van der Waals surface area contributed by atoms with Crippen molar-refractivity contribution in [1.82, 2.24) is 9.62 Å². The number of amides is 1. The van der Waals surface area contributed by atoms with Gasteiger partial charge in [-0.15, -0.1) is 0 Å². The summed E-state index contributed by atoms with van der Waals surface area (Å²) in [7, 11) is -1.73. The van der Waals surface area contributed by atoms with Gasteiger partial charge in [0, 0.05) is 26.6 Å². The number of carbonyl (C=O) groups is 1. The van der Waals surface area contributed by atoms with Crippen LogP contribution in [0.1, 0.15) is 25.3 Å². The van der Waals surface area contributed by atoms with Gasteiger partial charge in [0.05, 0.1) is 4.90 Å². The quantitative estimate of drug-likeness (QED) is 0.894. The van der Waals surface area contributed by atoms with Crippen molar-refractivity contribution in [1.29, 1.82) is 0 Å². The monoisotopic (exact) mass is 310 g/mol. The van der Waals surface area contributed by atoms with Crippen molar-refractivity contribution >= 4 is 15.9 Å². The molecule has 5 nitrogen and oxygen atoms in total. The molecule has 1 aliphatic heterocycles. The van der Waals surface area contributed by atoms with Crippen LogP contribution in [-0.2, 0) is 21.2 Å². The predicted octanol–water partition coefficient (Wildman–Crippen LogP) is 1.40. The number of likely N-dealkylation sites (tertiary alicyclic amines) is 1. The first-order valence-corrected chi connectivity index (χ1v) is 8.74. The first kappa shape index (κ1) is 16.0. The van der Waals surface area contributed by atoms with Crippen LogP contribution in [0.5, 0.6) is 0 Å². The van der Waals surface area contributed by atoms with Crippen molar-refractivity contribution in [2.75, 3.05) is 20.1 Å². The molecule has 1 fully saturated rings. The molecule has 1 saturated heterocycles. The van der Waals surface area contributed by atoms with E-state index in [1.165, 1.54) is 0 Å². The van der Waals surface area contributed by atoms with Crippen LogP contribution >= 0.6 is 0 Å². The fourth-order valence-corrected chi connectivity index (χ4v) is 3.97. The lowest BCUT2D eigenvalue weighted by atomic mass is 9.97. The average Bonchev–Trinajstić information content (AvgIpc) is 2.48. The van der Waals surface area contributed by atoms with E-state index in [-0.39, 0.29) is 11.8 Å². The fraction of sp³-hybridized carbons (Fsp3) is 0.533. The molecule has 0 saturated carbocycles. The Morgan fingerprint density at radius 1 is 1.33 bits per heavy atom. The van der Waals surface area contributed by atoms with Gasteiger partial charge in [0.15, 0.2) is 0 Å². The third-order valence-electron chi connectivity index (χ3n) is 3.97. The third-order valence-corrected chi connectivity index (χ3v) is 5.49. The van der Waals surface area contributed by atoms with Gasteiger partial charge in [0.2, 0.25) is 15.9 Å². The van der Waals surface area contributed by atoms with E-state index in [0.29, 0.717) is 30.8 Å². The Kier molecular flexibility index (Phi) is 5.00. The van der Waals surface area contributed by atoms with Gasteiger partial charge in [-0.05, 0) is 30.4 Å². The van der Waals surface area contributed by atoms with Crippen LogP contribution in [0.4, 0.5) is 0 Å². The van der Waals surface area contributed by atoms with Crippen LogP contribution in [0.25, 0.3) is 0 Å². The summed E-state index contributed by atoms with van der Waals surface area (Å²) in [6, 6.07) is 7.02. The van der Waals surface area contributed by atoms with Crippen molar-refractivity contribution in [3.05, 3.63) is 29.8 Å². The van der Waals surface area contributed by atoms with Crippen molar-refractivity contribution in [3.8, 4) is 0 Å². The van der Waals surface area contributed by atoms with Gasteiger partial charge >= 0.3 is 0 Å². The van der Waals surface area contributed by atoms with E-state index in [9.17, 15) is 13.2 Å². The second kappa shape index (κ2) is 6.58. The van der Waals surface area contributed by atoms with E-state index in [0.717, 1.165) is 12.0 Å². The van der Waals surface area contributed by atoms with Crippen LogP contribution in [-0.4, -0.2) is 39.4 Å². The van der Waals surface area contributed by atoms with E-state index < -0.39 is 10.0 Å². The van der Waals surface area contributed by atoms with Gasteiger partial charge in [-0.25, -0.2) is 13.1 Å². The number of nitrogens with zero attached hydrogens (tertiary/aromatic N) is 1. The Bertz CT molecular complexity index is 613. The maximum absolute atomic E-state index is 12.4. The molecule has 0 bridgehead atoms. The molecule has 0 aliphatic carbocycles. The molecule has 0 spiro atoms. The Labute approximate surface area is 126 Å². The normalized spacial score (nSPS) is 19.8. The van der Waals surface area contributed by atoms with Gasteiger partial charge < -0.3 is 4.90 Å². The summed E-state index contributed by atoms with van der Waals surface area (Å²) >= 11 is 0. The molecule has 21 heavy (non-hydrogen) atoms. The van der Waals surface area contributed by atoms with E-state index >= 15 is 0 Å². The highest BCUT2D eigenvalue weighted by Crippen LogP contribution is 2.19. The van der Waals surface area contributed by atoms with Crippen LogP contribution in [0, 0.1) is 5.92 Å². The fourth-order valence-electron chi connectivity index (χ4n) is 2.54. The highest BCUT2D eigenvalue weighted by Gasteiger charge is 2.25. The molecule has 1 aromatic rings. The molecule has 1 aromatic carbocycles. The van der Waals surface area contributed by atoms with Crippen molar-refractivity contribution in [3.63, 3.8) is 0 Å². The molecule has 1 atom stereocenters. The van der Waals surface area contributed by atoms with Crippen molar-refractivity contribution < 1.29 is 13.2 Å². The van der Waals surface area contributed by atoms with Gasteiger partial charge in [-0.1, -0.05) is 25.1 Å². The first-order valence-electron chi connectivity index (χ1n) is 7.25. The zero-order chi connectivity index (χ0) is 15.5. The predicted molar refractivity (Wildman–Crippen MR) is 81.4 cm³/mol. The lowest BCUT2D eigenvalue weighted by Crippen LogP contribution is -2.40. The molecule has 116 valence electrons. The second-order valence-electron chi connectivity index (χ2n) is 5.49. The zero-order valence-corrected chi connectivity index (χ0v) is 13.3. The van der Waals surface area contributed by atoms with Crippen LogP contribution in [0.2, 0.25) is 0 Å². The lowest BCUT2D eigenvalue weighted by molar-refractivity contribution is -0.133. The third kappa shape index (κ3) is 3.83. The molecule has 0 radical (unpaired) electrons. The molecular formula is C15H22N2O3S. The summed E-state index contributed by atoms with van der Waals surface area (Å²) in [4.78, 5) is 13.7. The Morgan fingerprint density at radius 2 is 2.05 bits per heavy atom. The molecule has 0 aromatic heterocycles. The maximum atomic E-state index is 12.4. The number of benzene rings is 1. The van der Waals surface area contributed by atoms with Crippen molar-refractivity contribution in [2.24, 2.45) is 5.92 Å². The minimum Gasteiger partial charge on any atom is -0.346 e. The highest BCUT2D eigenvalue weighted by molar-refractivity contribution is 7.89. The minimum absolute atomic E-state index is 0.0808. The second-order valence-corrected chi connectivity index (χ2v) is 7.22. The first-order chi connectivity index (χ1) is 9.94. The number of hydrogen-bond acceptors (Lipinski definition) is 3. The molecule has 1 amide bonds. The van der Waals surface area contributed by atoms with Crippen molar-refractivity contribution in [2.45, 2.75) is 31.1 Å². The number of aryl methyl sites for hydroxylation is 1. The van der Waals surface area contributed by atoms with Gasteiger partial charge in [-0.2, -0.15) is 0 Å². The van der Waals surface area contributed by atoms with Gasteiger partial charge in [0.25, 0.3) is 0 Å². The topological polar surface area (TPSA) is 66.5 Å². The van der Waals surface area contributed by atoms with Crippen LogP contribution in [0.3, 0.4) is 0 Å². The summed E-state index contributed by atoms with van der Waals surface area (Å²) < 4.78 is 27.4. The maximum Gasteiger partial charge on any atom is 0.240 e.